The third-order valence-electron chi connectivity index (χ3n) is 3.51. The number of hydrogen-bond acceptors (Lipinski definition) is 5. The van der Waals surface area contributed by atoms with Crippen LogP contribution in [0.15, 0.2) is 4.99 Å². The topological polar surface area (TPSA) is 108 Å². The average Bonchev–Trinajstić information content (AvgIpc) is 2.40. The van der Waals surface area contributed by atoms with Gasteiger partial charge in [0.05, 0.1) is 12.6 Å². The molecule has 0 radical (unpaired) electrons. The first-order chi connectivity index (χ1) is 9.90. The van der Waals surface area contributed by atoms with E-state index >= 15 is 0 Å². The molecule has 0 saturated carbocycles. The van der Waals surface area contributed by atoms with Crippen molar-refractivity contribution >= 4 is 26.5 Å². The molecule has 0 bridgehead atoms. The van der Waals surface area contributed by atoms with Crippen LogP contribution >= 0.6 is 8.69 Å². The summed E-state index contributed by atoms with van der Waals surface area (Å²) in [5.41, 5.74) is -1.15. The van der Waals surface area contributed by atoms with E-state index in [0.717, 1.165) is 12.8 Å². The van der Waals surface area contributed by atoms with Gasteiger partial charge in [-0.1, -0.05) is 27.2 Å². The number of carbonyl (C=O) groups is 2. The van der Waals surface area contributed by atoms with E-state index in [1.165, 1.54) is 0 Å². The molecule has 1 N–H and O–H groups in total. The smallest absolute Gasteiger partial charge is 0.846 e. The molecule has 1 heterocycles. The Morgan fingerprint density at radius 3 is 2.27 bits per heavy atom. The largest absolute Gasteiger partial charge is 1.00 e. The monoisotopic (exact) mass is 340 g/mol. The maximum absolute atomic E-state index is 11.9. The van der Waals surface area contributed by atoms with Crippen LogP contribution in [0.2, 0.25) is 0 Å². The first-order valence-corrected chi connectivity index (χ1v) is 7.69. The summed E-state index contributed by atoms with van der Waals surface area (Å²) in [5, 5.41) is 13.1. The van der Waals surface area contributed by atoms with Crippen molar-refractivity contribution in [3.05, 3.63) is 0 Å². The Labute approximate surface area is 154 Å². The van der Waals surface area contributed by atoms with E-state index in [9.17, 15) is 19.3 Å². The van der Waals surface area contributed by atoms with Gasteiger partial charge in [0.25, 0.3) is 5.91 Å². The van der Waals surface area contributed by atoms with E-state index in [-0.39, 0.29) is 44.2 Å². The third-order valence-corrected chi connectivity index (χ3v) is 3.88. The minimum atomic E-state index is -1.15. The standard InChI is InChI=1S/C11H18N2O3.C2H5O2P.Na/c1-4-6-7(3)11(5-2)8(14)12-10(16)13-9(11)15;1-2-4-5-3;/h7H,4-6H2,1-3H3,(H2,12,13,14,15,16);2H2,1H3;/q;;+1/p-1. The van der Waals surface area contributed by atoms with Crippen molar-refractivity contribution in [3.8, 4) is 0 Å². The van der Waals surface area contributed by atoms with E-state index in [1.54, 1.807) is 13.8 Å². The number of rotatable bonds is 6. The molecule has 7 nitrogen and oxygen atoms in total. The van der Waals surface area contributed by atoms with Gasteiger partial charge >= 0.3 is 38.2 Å². The summed E-state index contributed by atoms with van der Waals surface area (Å²) in [4.78, 5) is 27.1. The number of nitrogens with one attached hydrogen (secondary N) is 1. The van der Waals surface area contributed by atoms with E-state index in [1.807, 2.05) is 13.8 Å². The van der Waals surface area contributed by atoms with Gasteiger partial charge < -0.3 is 10.4 Å². The molecule has 0 saturated heterocycles. The van der Waals surface area contributed by atoms with Crippen LogP contribution < -0.4 is 40.0 Å². The second kappa shape index (κ2) is 12.1. The zero-order valence-electron chi connectivity index (χ0n) is 13.8. The molecule has 0 aromatic heterocycles. The summed E-state index contributed by atoms with van der Waals surface area (Å²) in [6.45, 7) is 7.92. The molecular weight excluding hydrogens is 318 g/mol. The number of aliphatic imine (C=N–C) groups is 1. The fourth-order valence-corrected chi connectivity index (χ4v) is 2.46. The molecule has 0 aromatic carbocycles. The predicted octanol–water partition coefficient (Wildman–Crippen LogP) is -1.57. The van der Waals surface area contributed by atoms with Crippen LogP contribution in [0.25, 0.3) is 0 Å². The van der Waals surface area contributed by atoms with Crippen LogP contribution in [0.1, 0.15) is 47.0 Å². The van der Waals surface area contributed by atoms with E-state index < -0.39 is 23.3 Å². The van der Waals surface area contributed by atoms with Gasteiger partial charge in [-0.25, -0.2) is 9.56 Å². The van der Waals surface area contributed by atoms with Crippen molar-refractivity contribution in [2.24, 2.45) is 16.3 Å². The van der Waals surface area contributed by atoms with Crippen molar-refractivity contribution in [1.82, 2.24) is 5.32 Å². The summed E-state index contributed by atoms with van der Waals surface area (Å²) in [7, 11) is -0.220. The minimum absolute atomic E-state index is 0. The van der Waals surface area contributed by atoms with Gasteiger partial charge in [-0.05, 0) is 25.7 Å². The zero-order chi connectivity index (χ0) is 16.5. The van der Waals surface area contributed by atoms with E-state index in [0.29, 0.717) is 13.0 Å². The van der Waals surface area contributed by atoms with Gasteiger partial charge in [-0.15, -0.1) is 0 Å². The number of nitrogens with zero attached hydrogens (tertiary/aromatic N) is 1. The maximum Gasteiger partial charge on any atom is 1.00 e. The Kier molecular flexibility index (Phi) is 13.2. The van der Waals surface area contributed by atoms with Crippen molar-refractivity contribution in [3.63, 3.8) is 0 Å². The quantitative estimate of drug-likeness (QED) is 0.357. The SMILES string of the molecule is CCCC(C)C1(CC)C(=O)N=C([O-])NC1=O.CCOP=O.[Na+]. The Balaban J connectivity index is 0. The molecular formula is C13H22N2NaO5P. The molecule has 1 aliphatic heterocycles. The van der Waals surface area contributed by atoms with Gasteiger partial charge in [-0.2, -0.15) is 0 Å². The normalized spacial score (nSPS) is 21.9. The molecule has 2 unspecified atom stereocenters. The maximum atomic E-state index is 11.9. The third kappa shape index (κ3) is 6.05. The van der Waals surface area contributed by atoms with Gasteiger partial charge in [0.15, 0.2) is 0 Å². The minimum Gasteiger partial charge on any atom is -0.846 e. The predicted molar refractivity (Wildman–Crippen MR) is 76.6 cm³/mol. The second-order valence-corrected chi connectivity index (χ2v) is 5.09. The summed E-state index contributed by atoms with van der Waals surface area (Å²) in [6.07, 6.45) is 2.02. The van der Waals surface area contributed by atoms with Crippen LogP contribution in [0, 0.1) is 11.3 Å². The van der Waals surface area contributed by atoms with Crippen LogP contribution in [0.3, 0.4) is 0 Å². The molecule has 22 heavy (non-hydrogen) atoms. The molecule has 1 aliphatic rings. The van der Waals surface area contributed by atoms with Crippen LogP contribution in [0.4, 0.5) is 0 Å². The molecule has 0 aliphatic carbocycles. The van der Waals surface area contributed by atoms with Crippen LogP contribution in [-0.4, -0.2) is 24.4 Å². The van der Waals surface area contributed by atoms with Gasteiger partial charge in [-0.3, -0.25) is 14.1 Å². The Morgan fingerprint density at radius 2 is 1.95 bits per heavy atom. The molecule has 9 heteroatoms. The number of carbonyl (C=O) groups excluding carboxylic acids is 2. The molecule has 0 spiro atoms. The number of amides is 2. The van der Waals surface area contributed by atoms with Gasteiger partial charge in [0.2, 0.25) is 5.91 Å². The van der Waals surface area contributed by atoms with E-state index in [4.69, 9.17) is 0 Å². The Bertz CT molecular complexity index is 419. The summed E-state index contributed by atoms with van der Waals surface area (Å²) in [5.74, 6) is -1.20. The summed E-state index contributed by atoms with van der Waals surface area (Å²) < 4.78 is 13.5. The molecule has 2 atom stereocenters. The Hall–Kier alpha value is -0.330. The first-order valence-electron chi connectivity index (χ1n) is 6.96. The van der Waals surface area contributed by atoms with Crippen molar-refractivity contribution < 1.29 is 53.3 Å². The first kappa shape index (κ1) is 23.9. The van der Waals surface area contributed by atoms with Crippen LogP contribution in [0.5, 0.6) is 0 Å². The summed E-state index contributed by atoms with van der Waals surface area (Å²) in [6, 6.07) is -0.845. The number of hydrogen-bond donors (Lipinski definition) is 1. The molecule has 2 amide bonds. The van der Waals surface area contributed by atoms with E-state index in [2.05, 4.69) is 14.8 Å². The van der Waals surface area contributed by atoms with Crippen molar-refractivity contribution in [2.45, 2.75) is 47.0 Å². The Morgan fingerprint density at radius 1 is 1.36 bits per heavy atom. The fourth-order valence-electron chi connectivity index (χ4n) is 2.35. The molecule has 120 valence electrons. The fraction of sp³-hybridized carbons (Fsp3) is 0.769. The average molecular weight is 340 g/mol. The zero-order valence-corrected chi connectivity index (χ0v) is 16.7. The molecule has 1 rings (SSSR count). The van der Waals surface area contributed by atoms with Crippen molar-refractivity contribution in [1.29, 1.82) is 0 Å². The van der Waals surface area contributed by atoms with Crippen LogP contribution in [-0.2, 0) is 18.7 Å². The number of amidine groups is 1. The van der Waals surface area contributed by atoms with Gasteiger partial charge in [0, 0.05) is 0 Å². The van der Waals surface area contributed by atoms with Crippen molar-refractivity contribution in [2.75, 3.05) is 6.61 Å². The summed E-state index contributed by atoms with van der Waals surface area (Å²) >= 11 is 0. The molecule has 0 aromatic rings. The second-order valence-electron chi connectivity index (χ2n) is 4.68. The molecule has 0 fully saturated rings. The van der Waals surface area contributed by atoms with Gasteiger partial charge in [0.1, 0.15) is 5.41 Å².